The van der Waals surface area contributed by atoms with E-state index >= 15 is 0 Å². The van der Waals surface area contributed by atoms with Gasteiger partial charge in [-0.1, -0.05) is 0 Å². The Bertz CT molecular complexity index is 432. The Morgan fingerprint density at radius 1 is 1.52 bits per heavy atom. The van der Waals surface area contributed by atoms with E-state index < -0.39 is 0 Å². The lowest BCUT2D eigenvalue weighted by molar-refractivity contribution is -0.117. The first-order valence-electron chi connectivity index (χ1n) is 6.96. The molecule has 0 aromatic carbocycles. The number of rotatable bonds is 7. The van der Waals surface area contributed by atoms with Crippen molar-refractivity contribution < 1.29 is 19.0 Å². The van der Waals surface area contributed by atoms with Gasteiger partial charge in [0, 0.05) is 32.2 Å². The van der Waals surface area contributed by atoms with Crippen LogP contribution in [0.1, 0.15) is 6.42 Å². The second-order valence-electron chi connectivity index (χ2n) is 4.70. The average Bonchev–Trinajstić information content (AvgIpc) is 2.50. The van der Waals surface area contributed by atoms with Crippen LogP contribution in [0.25, 0.3) is 0 Å². The van der Waals surface area contributed by atoms with Crippen LogP contribution in [0.3, 0.4) is 0 Å². The molecule has 1 amide bonds. The molecule has 21 heavy (non-hydrogen) atoms. The molecule has 1 aromatic rings. The molecule has 0 aliphatic carbocycles. The summed E-state index contributed by atoms with van der Waals surface area (Å²) < 4.78 is 15.6. The van der Waals surface area contributed by atoms with Crippen molar-refractivity contribution in [2.75, 3.05) is 45.4 Å². The molecule has 0 spiro atoms. The number of pyridine rings is 1. The van der Waals surface area contributed by atoms with E-state index in [2.05, 4.69) is 15.6 Å². The van der Waals surface area contributed by atoms with Crippen molar-refractivity contribution >= 4 is 11.6 Å². The Morgan fingerprint density at radius 3 is 3.10 bits per heavy atom. The molecule has 1 fully saturated rings. The lowest BCUT2D eigenvalue weighted by Gasteiger charge is -2.23. The Hall–Kier alpha value is -1.70. The second kappa shape index (κ2) is 8.56. The highest BCUT2D eigenvalue weighted by atomic mass is 16.5. The maximum absolute atomic E-state index is 11.9. The summed E-state index contributed by atoms with van der Waals surface area (Å²) in [4.78, 5) is 16.0. The van der Waals surface area contributed by atoms with Gasteiger partial charge < -0.3 is 24.8 Å². The zero-order valence-corrected chi connectivity index (χ0v) is 12.1. The van der Waals surface area contributed by atoms with Crippen molar-refractivity contribution in [2.24, 2.45) is 0 Å². The first-order valence-corrected chi connectivity index (χ1v) is 6.96. The summed E-state index contributed by atoms with van der Waals surface area (Å²) in [5.74, 6) is 0.445. The number of anilines is 1. The third kappa shape index (κ3) is 5.66. The number of morpholine rings is 1. The van der Waals surface area contributed by atoms with Gasteiger partial charge in [0.2, 0.25) is 11.8 Å². The lowest BCUT2D eigenvalue weighted by Crippen LogP contribution is -2.43. The molecule has 116 valence electrons. The molecule has 1 atom stereocenters. The summed E-state index contributed by atoms with van der Waals surface area (Å²) in [6.07, 6.45) is 1.96. The molecule has 7 nitrogen and oxygen atoms in total. The summed E-state index contributed by atoms with van der Waals surface area (Å²) in [5, 5.41) is 6.05. The third-order valence-electron chi connectivity index (χ3n) is 2.99. The van der Waals surface area contributed by atoms with Gasteiger partial charge in [0.25, 0.3) is 0 Å². The number of carbonyl (C=O) groups is 1. The molecule has 7 heteroatoms. The van der Waals surface area contributed by atoms with Crippen LogP contribution in [-0.4, -0.2) is 57.0 Å². The van der Waals surface area contributed by atoms with Gasteiger partial charge in [0.05, 0.1) is 31.7 Å². The molecular formula is C14H21N3O4. The van der Waals surface area contributed by atoms with E-state index in [0.717, 1.165) is 6.54 Å². The van der Waals surface area contributed by atoms with Gasteiger partial charge >= 0.3 is 0 Å². The summed E-state index contributed by atoms with van der Waals surface area (Å²) in [7, 11) is 1.61. The zero-order valence-electron chi connectivity index (χ0n) is 12.1. The fraction of sp³-hybridized carbons (Fsp3) is 0.571. The number of nitrogens with zero attached hydrogens (tertiary/aromatic N) is 1. The van der Waals surface area contributed by atoms with Gasteiger partial charge in [-0.15, -0.1) is 0 Å². The van der Waals surface area contributed by atoms with Gasteiger partial charge in [0.15, 0.2) is 0 Å². The summed E-state index contributed by atoms with van der Waals surface area (Å²) in [6, 6.07) is 3.55. The lowest BCUT2D eigenvalue weighted by atomic mass is 10.2. The largest absolute Gasteiger partial charge is 0.475 e. The van der Waals surface area contributed by atoms with Crippen molar-refractivity contribution in [1.29, 1.82) is 0 Å². The fourth-order valence-electron chi connectivity index (χ4n) is 1.96. The maximum atomic E-state index is 11.9. The van der Waals surface area contributed by atoms with E-state index in [1.54, 1.807) is 25.4 Å². The second-order valence-corrected chi connectivity index (χ2v) is 4.70. The number of hydrogen-bond donors (Lipinski definition) is 2. The molecule has 1 aliphatic heterocycles. The Morgan fingerprint density at radius 2 is 2.43 bits per heavy atom. The average molecular weight is 295 g/mol. The predicted octanol–water partition coefficient (Wildman–Crippen LogP) is 0.424. The predicted molar refractivity (Wildman–Crippen MR) is 77.5 cm³/mol. The monoisotopic (exact) mass is 295 g/mol. The third-order valence-corrected chi connectivity index (χ3v) is 2.99. The first-order chi connectivity index (χ1) is 10.3. The minimum Gasteiger partial charge on any atom is -0.475 e. The van der Waals surface area contributed by atoms with Crippen molar-refractivity contribution in [3.8, 4) is 5.88 Å². The topological polar surface area (TPSA) is 81.7 Å². The number of carbonyl (C=O) groups excluding carboxylic acids is 1. The van der Waals surface area contributed by atoms with Crippen molar-refractivity contribution in [1.82, 2.24) is 10.3 Å². The molecule has 1 saturated heterocycles. The van der Waals surface area contributed by atoms with E-state index in [-0.39, 0.29) is 11.9 Å². The smallest absolute Gasteiger partial charge is 0.226 e. The highest BCUT2D eigenvalue weighted by Gasteiger charge is 2.16. The van der Waals surface area contributed by atoms with Gasteiger partial charge in [-0.2, -0.15) is 0 Å². The molecule has 0 bridgehead atoms. The number of methoxy groups -OCH3 is 1. The van der Waals surface area contributed by atoms with Crippen LogP contribution >= 0.6 is 0 Å². The van der Waals surface area contributed by atoms with E-state index in [1.165, 1.54) is 0 Å². The normalized spacial score (nSPS) is 18.2. The van der Waals surface area contributed by atoms with Crippen molar-refractivity contribution in [3.05, 3.63) is 18.3 Å². The van der Waals surface area contributed by atoms with Crippen molar-refractivity contribution in [3.63, 3.8) is 0 Å². The van der Waals surface area contributed by atoms with Gasteiger partial charge in [-0.25, -0.2) is 4.98 Å². The van der Waals surface area contributed by atoms with Crippen LogP contribution in [0.2, 0.25) is 0 Å². The quantitative estimate of drug-likeness (QED) is 0.710. The first kappa shape index (κ1) is 15.7. The molecule has 2 heterocycles. The molecular weight excluding hydrogens is 274 g/mol. The Kier molecular flexibility index (Phi) is 6.39. The molecule has 1 aliphatic rings. The van der Waals surface area contributed by atoms with Crippen LogP contribution in [0.5, 0.6) is 5.88 Å². The maximum Gasteiger partial charge on any atom is 0.226 e. The molecule has 2 N–H and O–H groups in total. The minimum absolute atomic E-state index is 0.0622. The number of hydrogen-bond acceptors (Lipinski definition) is 6. The molecule has 0 saturated carbocycles. The van der Waals surface area contributed by atoms with E-state index in [1.807, 2.05) is 0 Å². The van der Waals surface area contributed by atoms with Crippen LogP contribution in [0.15, 0.2) is 18.3 Å². The standard InChI is InChI=1S/C14H21N3O4/c1-19-6-7-21-14-3-2-11(9-16-14)17-13(18)8-12-10-20-5-4-15-12/h2-3,9,12,15H,4-8,10H2,1H3,(H,17,18). The number of nitrogens with one attached hydrogen (secondary N) is 2. The molecule has 1 aromatic heterocycles. The molecule has 2 rings (SSSR count). The van der Waals surface area contributed by atoms with Crippen LogP contribution in [0.4, 0.5) is 5.69 Å². The summed E-state index contributed by atoms with van der Waals surface area (Å²) in [6.45, 7) is 3.01. The zero-order chi connectivity index (χ0) is 14.9. The summed E-state index contributed by atoms with van der Waals surface area (Å²) in [5.41, 5.74) is 0.649. The number of amides is 1. The molecule has 0 radical (unpaired) electrons. The van der Waals surface area contributed by atoms with Crippen LogP contribution in [0, 0.1) is 0 Å². The SMILES string of the molecule is COCCOc1ccc(NC(=O)CC2COCCN2)cn1. The van der Waals surface area contributed by atoms with Crippen LogP contribution in [-0.2, 0) is 14.3 Å². The number of ether oxygens (including phenoxy) is 3. The Balaban J connectivity index is 1.75. The van der Waals surface area contributed by atoms with Gasteiger partial charge in [-0.3, -0.25) is 4.79 Å². The van der Waals surface area contributed by atoms with Gasteiger partial charge in [-0.05, 0) is 6.07 Å². The fourth-order valence-corrected chi connectivity index (χ4v) is 1.96. The van der Waals surface area contributed by atoms with E-state index in [0.29, 0.717) is 44.4 Å². The van der Waals surface area contributed by atoms with Crippen molar-refractivity contribution in [2.45, 2.75) is 12.5 Å². The Labute approximate surface area is 124 Å². The summed E-state index contributed by atoms with van der Waals surface area (Å²) >= 11 is 0. The van der Waals surface area contributed by atoms with Crippen LogP contribution < -0.4 is 15.4 Å². The number of aromatic nitrogens is 1. The highest BCUT2D eigenvalue weighted by molar-refractivity contribution is 5.90. The van der Waals surface area contributed by atoms with E-state index in [4.69, 9.17) is 14.2 Å². The highest BCUT2D eigenvalue weighted by Crippen LogP contribution is 2.12. The van der Waals surface area contributed by atoms with E-state index in [9.17, 15) is 4.79 Å². The molecule has 1 unspecified atom stereocenters. The van der Waals surface area contributed by atoms with Gasteiger partial charge in [0.1, 0.15) is 6.61 Å². The minimum atomic E-state index is -0.0622.